The summed E-state index contributed by atoms with van der Waals surface area (Å²) in [5.41, 5.74) is 2.53. The summed E-state index contributed by atoms with van der Waals surface area (Å²) in [6, 6.07) is 11.2. The molecule has 0 saturated carbocycles. The quantitative estimate of drug-likeness (QED) is 0.806. The Morgan fingerprint density at radius 3 is 2.75 bits per heavy atom. The van der Waals surface area contributed by atoms with Crippen molar-refractivity contribution in [2.75, 3.05) is 23.3 Å². The second-order valence-electron chi connectivity index (χ2n) is 5.24. The molecule has 0 aliphatic carbocycles. The molecule has 0 spiro atoms. The van der Waals surface area contributed by atoms with Gasteiger partial charge in [-0.1, -0.05) is 6.07 Å². The van der Waals surface area contributed by atoms with Crippen LogP contribution in [0.15, 0.2) is 40.2 Å². The zero-order valence-corrected chi connectivity index (χ0v) is 14.0. The largest absolute Gasteiger partial charge is 0.378 e. The molecular formula is C16H19BrN2S. The van der Waals surface area contributed by atoms with Crippen LogP contribution in [0.3, 0.4) is 0 Å². The van der Waals surface area contributed by atoms with Crippen LogP contribution in [0.2, 0.25) is 0 Å². The Morgan fingerprint density at radius 1 is 1.25 bits per heavy atom. The molecular weight excluding hydrogens is 332 g/mol. The summed E-state index contributed by atoms with van der Waals surface area (Å²) in [7, 11) is 0. The van der Waals surface area contributed by atoms with Gasteiger partial charge in [-0.3, -0.25) is 0 Å². The third kappa shape index (κ3) is 3.01. The van der Waals surface area contributed by atoms with Crippen LogP contribution in [-0.4, -0.2) is 13.1 Å². The van der Waals surface area contributed by atoms with E-state index in [9.17, 15) is 0 Å². The lowest BCUT2D eigenvalue weighted by atomic mass is 10.2. The zero-order chi connectivity index (χ0) is 13.9. The number of benzene rings is 1. The van der Waals surface area contributed by atoms with Crippen LogP contribution in [0.25, 0.3) is 0 Å². The van der Waals surface area contributed by atoms with Crippen LogP contribution < -0.4 is 10.2 Å². The van der Waals surface area contributed by atoms with Gasteiger partial charge in [0, 0.05) is 33.8 Å². The molecule has 2 nitrogen and oxygen atoms in total. The molecule has 1 N–H and O–H groups in total. The number of rotatable bonds is 4. The summed E-state index contributed by atoms with van der Waals surface area (Å²) in [6.45, 7) is 4.59. The molecule has 3 rings (SSSR count). The van der Waals surface area contributed by atoms with Gasteiger partial charge in [0.25, 0.3) is 0 Å². The van der Waals surface area contributed by atoms with E-state index in [4.69, 9.17) is 0 Å². The summed E-state index contributed by atoms with van der Waals surface area (Å²) in [5, 5.41) is 5.73. The Kier molecular flexibility index (Phi) is 4.32. The number of hydrogen-bond acceptors (Lipinski definition) is 3. The Balaban J connectivity index is 1.74. The first kappa shape index (κ1) is 14.0. The van der Waals surface area contributed by atoms with E-state index in [1.165, 1.54) is 46.7 Å². The average molecular weight is 351 g/mol. The third-order valence-electron chi connectivity index (χ3n) is 3.74. The SMILES string of the molecule is CC(Nc1cccc(N2CCCC2)c1)c1sccc1Br. The average Bonchev–Trinajstić information content (AvgIpc) is 3.09. The fourth-order valence-corrected chi connectivity index (χ4v) is 4.42. The molecule has 0 bridgehead atoms. The second-order valence-corrected chi connectivity index (χ2v) is 7.05. The van der Waals surface area contributed by atoms with Crippen molar-refractivity contribution < 1.29 is 0 Å². The van der Waals surface area contributed by atoms with Crippen molar-refractivity contribution >= 4 is 38.6 Å². The second kappa shape index (κ2) is 6.19. The van der Waals surface area contributed by atoms with E-state index in [1.807, 2.05) is 0 Å². The molecule has 106 valence electrons. The van der Waals surface area contributed by atoms with Gasteiger partial charge in [0.1, 0.15) is 0 Å². The molecule has 1 aromatic heterocycles. The first-order valence-corrected chi connectivity index (χ1v) is 8.76. The van der Waals surface area contributed by atoms with E-state index in [1.54, 1.807) is 11.3 Å². The molecule has 1 fully saturated rings. The van der Waals surface area contributed by atoms with Crippen LogP contribution in [0, 0.1) is 0 Å². The van der Waals surface area contributed by atoms with Crippen LogP contribution >= 0.6 is 27.3 Å². The number of nitrogens with zero attached hydrogens (tertiary/aromatic N) is 1. The maximum Gasteiger partial charge on any atom is 0.0589 e. The van der Waals surface area contributed by atoms with Crippen molar-refractivity contribution in [1.29, 1.82) is 0 Å². The van der Waals surface area contributed by atoms with Crippen molar-refractivity contribution in [1.82, 2.24) is 0 Å². The molecule has 1 aliphatic heterocycles. The topological polar surface area (TPSA) is 15.3 Å². The van der Waals surface area contributed by atoms with Crippen molar-refractivity contribution in [3.8, 4) is 0 Å². The monoisotopic (exact) mass is 350 g/mol. The minimum Gasteiger partial charge on any atom is -0.378 e. The van der Waals surface area contributed by atoms with Gasteiger partial charge >= 0.3 is 0 Å². The molecule has 2 heterocycles. The predicted octanol–water partition coefficient (Wildman–Crippen LogP) is 5.28. The van der Waals surface area contributed by atoms with E-state index >= 15 is 0 Å². The van der Waals surface area contributed by atoms with Crippen LogP contribution in [0.1, 0.15) is 30.7 Å². The molecule has 1 unspecified atom stereocenters. The van der Waals surface area contributed by atoms with Crippen LogP contribution in [0.4, 0.5) is 11.4 Å². The number of anilines is 2. The van der Waals surface area contributed by atoms with Crippen LogP contribution in [0.5, 0.6) is 0 Å². The smallest absolute Gasteiger partial charge is 0.0589 e. The Morgan fingerprint density at radius 2 is 2.05 bits per heavy atom. The first-order chi connectivity index (χ1) is 9.74. The molecule has 4 heteroatoms. The maximum atomic E-state index is 3.61. The lowest BCUT2D eigenvalue weighted by Gasteiger charge is -2.20. The van der Waals surface area contributed by atoms with Crippen molar-refractivity contribution in [3.05, 3.63) is 45.1 Å². The molecule has 1 atom stereocenters. The highest BCUT2D eigenvalue weighted by Crippen LogP contribution is 2.32. The van der Waals surface area contributed by atoms with Gasteiger partial charge in [-0.15, -0.1) is 11.3 Å². The Bertz CT molecular complexity index is 575. The van der Waals surface area contributed by atoms with Crippen molar-refractivity contribution in [2.45, 2.75) is 25.8 Å². The van der Waals surface area contributed by atoms with Gasteiger partial charge in [0.15, 0.2) is 0 Å². The van der Waals surface area contributed by atoms with Gasteiger partial charge in [0.05, 0.1) is 6.04 Å². The predicted molar refractivity (Wildman–Crippen MR) is 91.9 cm³/mol. The van der Waals surface area contributed by atoms with Gasteiger partial charge in [-0.05, 0) is 65.3 Å². The van der Waals surface area contributed by atoms with E-state index in [0.717, 1.165) is 0 Å². The summed E-state index contributed by atoms with van der Waals surface area (Å²) in [4.78, 5) is 3.81. The van der Waals surface area contributed by atoms with Gasteiger partial charge in [-0.2, -0.15) is 0 Å². The number of halogens is 1. The van der Waals surface area contributed by atoms with E-state index < -0.39 is 0 Å². The minimum atomic E-state index is 0.318. The van der Waals surface area contributed by atoms with Gasteiger partial charge in [-0.25, -0.2) is 0 Å². The fraction of sp³-hybridized carbons (Fsp3) is 0.375. The van der Waals surface area contributed by atoms with Gasteiger partial charge in [0.2, 0.25) is 0 Å². The standard InChI is InChI=1S/C16H19BrN2S/c1-12(16-15(17)7-10-20-16)18-13-5-4-6-14(11-13)19-8-2-3-9-19/h4-7,10-12,18H,2-3,8-9H2,1H3. The molecule has 0 amide bonds. The first-order valence-electron chi connectivity index (χ1n) is 7.08. The molecule has 1 aliphatic rings. The third-order valence-corrected chi connectivity index (χ3v) is 5.79. The van der Waals surface area contributed by atoms with E-state index in [-0.39, 0.29) is 0 Å². The molecule has 20 heavy (non-hydrogen) atoms. The molecule has 1 saturated heterocycles. The van der Waals surface area contributed by atoms with E-state index in [0.29, 0.717) is 6.04 Å². The highest BCUT2D eigenvalue weighted by Gasteiger charge is 2.14. The Hall–Kier alpha value is -1.00. The maximum absolute atomic E-state index is 3.61. The normalized spacial score (nSPS) is 16.4. The zero-order valence-electron chi connectivity index (χ0n) is 11.6. The lowest BCUT2D eigenvalue weighted by Crippen LogP contribution is -2.17. The summed E-state index contributed by atoms with van der Waals surface area (Å²) in [6.07, 6.45) is 2.63. The molecule has 0 radical (unpaired) electrons. The number of thiophene rings is 1. The fourth-order valence-electron chi connectivity index (χ4n) is 2.70. The number of hydrogen-bond donors (Lipinski definition) is 1. The molecule has 1 aromatic carbocycles. The van der Waals surface area contributed by atoms with Gasteiger partial charge < -0.3 is 10.2 Å². The van der Waals surface area contributed by atoms with Crippen molar-refractivity contribution in [2.24, 2.45) is 0 Å². The minimum absolute atomic E-state index is 0.318. The van der Waals surface area contributed by atoms with Crippen molar-refractivity contribution in [3.63, 3.8) is 0 Å². The summed E-state index contributed by atoms with van der Waals surface area (Å²) < 4.78 is 1.19. The summed E-state index contributed by atoms with van der Waals surface area (Å²) >= 11 is 5.40. The summed E-state index contributed by atoms with van der Waals surface area (Å²) in [5.74, 6) is 0. The molecule has 2 aromatic rings. The highest BCUT2D eigenvalue weighted by atomic mass is 79.9. The van der Waals surface area contributed by atoms with Crippen LogP contribution in [-0.2, 0) is 0 Å². The van der Waals surface area contributed by atoms with E-state index in [2.05, 4.69) is 68.8 Å². The lowest BCUT2D eigenvalue weighted by molar-refractivity contribution is 0.901. The highest BCUT2D eigenvalue weighted by molar-refractivity contribution is 9.10. The number of nitrogens with one attached hydrogen (secondary N) is 1. The Labute approximate surface area is 132 Å².